The van der Waals surface area contributed by atoms with Gasteiger partial charge in [0.05, 0.1) is 22.2 Å². The zero-order valence-electron chi connectivity index (χ0n) is 16.1. The molecule has 0 bridgehead atoms. The number of aromatic nitrogens is 4. The van der Waals surface area contributed by atoms with Gasteiger partial charge in [0.25, 0.3) is 5.56 Å². The van der Waals surface area contributed by atoms with Gasteiger partial charge in [-0.2, -0.15) is 13.2 Å². The first-order valence-electron chi connectivity index (χ1n) is 9.05. The van der Waals surface area contributed by atoms with Crippen LogP contribution >= 0.6 is 0 Å². The van der Waals surface area contributed by atoms with E-state index >= 15 is 0 Å². The van der Waals surface area contributed by atoms with Crippen molar-refractivity contribution < 1.29 is 13.2 Å². The molecule has 0 N–H and O–H groups in total. The van der Waals surface area contributed by atoms with E-state index < -0.39 is 23.0 Å². The van der Waals surface area contributed by atoms with Crippen molar-refractivity contribution in [2.75, 3.05) is 0 Å². The molecule has 2 heterocycles. The van der Waals surface area contributed by atoms with E-state index in [9.17, 15) is 22.8 Å². The highest BCUT2D eigenvalue weighted by atomic mass is 19.4. The molecule has 0 saturated heterocycles. The van der Waals surface area contributed by atoms with Crippen molar-refractivity contribution in [2.45, 2.75) is 12.7 Å². The Labute approximate surface area is 168 Å². The second-order valence-electron chi connectivity index (χ2n) is 7.01. The first-order chi connectivity index (χ1) is 14.2. The molecule has 4 rings (SSSR count). The molecule has 30 heavy (non-hydrogen) atoms. The molecular weight excluding hydrogens is 397 g/mol. The average Bonchev–Trinajstić information content (AvgIpc) is 3.06. The molecule has 154 valence electrons. The third kappa shape index (κ3) is 3.32. The van der Waals surface area contributed by atoms with Crippen LogP contribution in [0.3, 0.4) is 0 Å². The van der Waals surface area contributed by atoms with Crippen molar-refractivity contribution in [3.8, 4) is 11.4 Å². The summed E-state index contributed by atoms with van der Waals surface area (Å²) in [4.78, 5) is 29.2. The first kappa shape index (κ1) is 19.7. The van der Waals surface area contributed by atoms with Gasteiger partial charge in [-0.1, -0.05) is 30.3 Å². The number of imidazole rings is 1. The number of aryl methyl sites for hydroxylation is 1. The van der Waals surface area contributed by atoms with Crippen LogP contribution in [0.5, 0.6) is 0 Å². The summed E-state index contributed by atoms with van der Waals surface area (Å²) in [7, 11) is 2.84. The summed E-state index contributed by atoms with van der Waals surface area (Å²) in [6.45, 7) is 0.296. The molecule has 0 spiro atoms. The van der Waals surface area contributed by atoms with Crippen LogP contribution < -0.4 is 11.2 Å². The number of hydrogen-bond acceptors (Lipinski definition) is 3. The maximum Gasteiger partial charge on any atom is 0.416 e. The highest BCUT2D eigenvalue weighted by Gasteiger charge is 2.31. The fourth-order valence-corrected chi connectivity index (χ4v) is 3.40. The monoisotopic (exact) mass is 414 g/mol. The molecule has 0 atom stereocenters. The molecule has 0 radical (unpaired) electrons. The van der Waals surface area contributed by atoms with Crippen molar-refractivity contribution in [3.63, 3.8) is 0 Å². The van der Waals surface area contributed by atoms with E-state index in [0.29, 0.717) is 12.1 Å². The van der Waals surface area contributed by atoms with Crippen LogP contribution in [-0.4, -0.2) is 18.7 Å². The fourth-order valence-electron chi connectivity index (χ4n) is 3.40. The lowest BCUT2D eigenvalue weighted by Gasteiger charge is -2.11. The predicted molar refractivity (Wildman–Crippen MR) is 106 cm³/mol. The minimum absolute atomic E-state index is 0.117. The summed E-state index contributed by atoms with van der Waals surface area (Å²) in [6, 6.07) is 12.6. The topological polar surface area (TPSA) is 61.8 Å². The molecule has 2 aromatic carbocycles. The molecule has 0 fully saturated rings. The van der Waals surface area contributed by atoms with Crippen LogP contribution in [0.2, 0.25) is 0 Å². The standard InChI is InChI=1S/C21H17F3N4O2/c1-26-12-15(19(29)27(2)20(26)30)18-25-16-10-14(21(22,23)24)8-9-17(16)28(18)11-13-6-4-3-5-7-13/h3-10,12H,11H2,1-2H3. The molecule has 0 saturated carbocycles. The molecule has 2 aromatic heterocycles. The normalized spacial score (nSPS) is 11.9. The van der Waals surface area contributed by atoms with Crippen LogP contribution in [0.1, 0.15) is 11.1 Å². The predicted octanol–water partition coefficient (Wildman–Crippen LogP) is 3.17. The molecule has 0 amide bonds. The number of alkyl halides is 3. The van der Waals surface area contributed by atoms with Crippen molar-refractivity contribution in [3.05, 3.63) is 86.7 Å². The molecule has 6 nitrogen and oxygen atoms in total. The van der Waals surface area contributed by atoms with Crippen LogP contribution in [0.4, 0.5) is 13.2 Å². The lowest BCUT2D eigenvalue weighted by atomic mass is 10.2. The average molecular weight is 414 g/mol. The van der Waals surface area contributed by atoms with Gasteiger partial charge >= 0.3 is 11.9 Å². The SMILES string of the molecule is Cn1cc(-c2nc3cc(C(F)(F)F)ccc3n2Cc2ccccc2)c(=O)n(C)c1=O. The summed E-state index contributed by atoms with van der Waals surface area (Å²) in [5.41, 5.74) is -0.309. The smallest absolute Gasteiger partial charge is 0.319 e. The maximum atomic E-state index is 13.2. The van der Waals surface area contributed by atoms with E-state index in [1.165, 1.54) is 30.9 Å². The number of benzene rings is 2. The van der Waals surface area contributed by atoms with E-state index in [2.05, 4.69) is 4.98 Å². The van der Waals surface area contributed by atoms with Crippen molar-refractivity contribution in [1.29, 1.82) is 0 Å². The Hall–Kier alpha value is -3.62. The number of hydrogen-bond donors (Lipinski definition) is 0. The minimum atomic E-state index is -4.51. The van der Waals surface area contributed by atoms with Gasteiger partial charge in [-0.25, -0.2) is 9.78 Å². The molecule has 0 unspecified atom stereocenters. The number of fused-ring (bicyclic) bond motifs is 1. The summed E-state index contributed by atoms with van der Waals surface area (Å²) in [5, 5.41) is 0. The summed E-state index contributed by atoms with van der Waals surface area (Å²) in [5.74, 6) is 0.198. The van der Waals surface area contributed by atoms with E-state index in [1.807, 2.05) is 30.3 Å². The molecule has 0 aliphatic rings. The highest BCUT2D eigenvalue weighted by Crippen LogP contribution is 2.32. The Balaban J connectivity index is 2.02. The third-order valence-corrected chi connectivity index (χ3v) is 4.95. The van der Waals surface area contributed by atoms with E-state index in [-0.39, 0.29) is 16.9 Å². The lowest BCUT2D eigenvalue weighted by molar-refractivity contribution is -0.137. The number of rotatable bonds is 3. The van der Waals surface area contributed by atoms with E-state index in [4.69, 9.17) is 0 Å². The Morgan fingerprint density at radius 1 is 1.00 bits per heavy atom. The molecular formula is C21H17F3N4O2. The Morgan fingerprint density at radius 3 is 2.37 bits per heavy atom. The van der Waals surface area contributed by atoms with Gasteiger partial charge in [-0.3, -0.25) is 9.36 Å². The number of halogens is 3. The van der Waals surface area contributed by atoms with Gasteiger partial charge in [0, 0.05) is 26.8 Å². The molecule has 4 aromatic rings. The van der Waals surface area contributed by atoms with Crippen molar-refractivity contribution in [2.24, 2.45) is 14.1 Å². The molecule has 0 aliphatic carbocycles. The maximum absolute atomic E-state index is 13.2. The minimum Gasteiger partial charge on any atom is -0.319 e. The van der Waals surface area contributed by atoms with Gasteiger partial charge in [0.2, 0.25) is 0 Å². The van der Waals surface area contributed by atoms with Gasteiger partial charge in [-0.15, -0.1) is 0 Å². The third-order valence-electron chi connectivity index (χ3n) is 4.95. The lowest BCUT2D eigenvalue weighted by Crippen LogP contribution is -2.37. The summed E-state index contributed by atoms with van der Waals surface area (Å²) >= 11 is 0. The van der Waals surface area contributed by atoms with Crippen molar-refractivity contribution >= 4 is 11.0 Å². The molecule has 0 aliphatic heterocycles. The van der Waals surface area contributed by atoms with Crippen molar-refractivity contribution in [1.82, 2.24) is 18.7 Å². The van der Waals surface area contributed by atoms with Gasteiger partial charge in [-0.05, 0) is 23.8 Å². The summed E-state index contributed by atoms with van der Waals surface area (Å²) < 4.78 is 43.4. The Kier molecular flexibility index (Phi) is 4.60. The van der Waals surface area contributed by atoms with Crippen LogP contribution in [-0.2, 0) is 26.8 Å². The fraction of sp³-hybridized carbons (Fsp3) is 0.190. The quantitative estimate of drug-likeness (QED) is 0.517. The zero-order valence-corrected chi connectivity index (χ0v) is 16.1. The summed E-state index contributed by atoms with van der Waals surface area (Å²) in [6.07, 6.45) is -3.15. The number of nitrogens with zero attached hydrogens (tertiary/aromatic N) is 4. The Morgan fingerprint density at radius 2 is 1.70 bits per heavy atom. The zero-order chi connectivity index (χ0) is 21.6. The van der Waals surface area contributed by atoms with Gasteiger partial charge in [0.1, 0.15) is 5.82 Å². The second kappa shape index (κ2) is 7.01. The Bertz CT molecular complexity index is 1370. The largest absolute Gasteiger partial charge is 0.416 e. The van der Waals surface area contributed by atoms with Gasteiger partial charge < -0.3 is 9.13 Å². The van der Waals surface area contributed by atoms with Crippen LogP contribution in [0, 0.1) is 0 Å². The van der Waals surface area contributed by atoms with Crippen LogP contribution in [0.15, 0.2) is 64.3 Å². The molecule has 9 heteroatoms. The second-order valence-corrected chi connectivity index (χ2v) is 7.01. The van der Waals surface area contributed by atoms with Crippen LogP contribution in [0.25, 0.3) is 22.4 Å². The first-order valence-corrected chi connectivity index (χ1v) is 9.05. The van der Waals surface area contributed by atoms with E-state index in [0.717, 1.165) is 22.3 Å². The van der Waals surface area contributed by atoms with E-state index in [1.54, 1.807) is 4.57 Å². The highest BCUT2D eigenvalue weighted by molar-refractivity contribution is 5.81. The van der Waals surface area contributed by atoms with Gasteiger partial charge in [0.15, 0.2) is 0 Å².